The van der Waals surface area contributed by atoms with Gasteiger partial charge in [0, 0.05) is 15.2 Å². The van der Waals surface area contributed by atoms with Gasteiger partial charge in [-0.25, -0.2) is 13.2 Å². The van der Waals surface area contributed by atoms with Crippen LogP contribution in [0.25, 0.3) is 0 Å². The van der Waals surface area contributed by atoms with Crippen molar-refractivity contribution in [3.8, 4) is 0 Å². The third kappa shape index (κ3) is 4.63. The van der Waals surface area contributed by atoms with Gasteiger partial charge in [-0.15, -0.1) is 0 Å². The Kier molecular flexibility index (Phi) is 6.11. The van der Waals surface area contributed by atoms with Gasteiger partial charge in [-0.2, -0.15) is 0 Å². The lowest BCUT2D eigenvalue weighted by molar-refractivity contribution is 0.0499. The summed E-state index contributed by atoms with van der Waals surface area (Å²) in [6.45, 7) is 2.21. The van der Waals surface area contributed by atoms with Crippen LogP contribution in [-0.4, -0.2) is 21.0 Å². The number of hydrogen-bond donors (Lipinski definition) is 0. The van der Waals surface area contributed by atoms with Crippen LogP contribution in [0, 0.1) is 0 Å². The summed E-state index contributed by atoms with van der Waals surface area (Å²) in [7, 11) is 1.22. The molecule has 0 unspecified atom stereocenters. The summed E-state index contributed by atoms with van der Waals surface area (Å²) >= 11 is 8.99. The third-order valence-corrected chi connectivity index (χ3v) is 4.54. The number of benzene rings is 1. The lowest BCUT2D eigenvalue weighted by atomic mass is 10.2. The van der Waals surface area contributed by atoms with Crippen LogP contribution in [0.15, 0.2) is 21.5 Å². The summed E-state index contributed by atoms with van der Waals surface area (Å²) in [6.07, 6.45) is 1.60. The van der Waals surface area contributed by atoms with Crippen LogP contribution in [0.4, 0.5) is 0 Å². The molecule has 0 aliphatic carbocycles. The molecule has 1 aromatic rings. The third-order valence-electron chi connectivity index (χ3n) is 2.22. The molecule has 0 aromatic heterocycles. The maximum atomic E-state index is 11.8. The number of esters is 1. The van der Waals surface area contributed by atoms with Crippen molar-refractivity contribution in [2.24, 2.45) is 0 Å². The van der Waals surface area contributed by atoms with Crippen molar-refractivity contribution in [3.63, 3.8) is 0 Å². The Bertz CT molecular complexity index is 587. The molecule has 1 aromatic carbocycles. The van der Waals surface area contributed by atoms with E-state index in [1.54, 1.807) is 0 Å². The molecule has 0 saturated heterocycles. The molecular formula is C11H11BrCl2O4S. The zero-order chi connectivity index (χ0) is 14.6. The van der Waals surface area contributed by atoms with E-state index in [9.17, 15) is 13.2 Å². The van der Waals surface area contributed by atoms with Crippen molar-refractivity contribution < 1.29 is 17.9 Å². The normalized spacial score (nSPS) is 11.4. The predicted octanol–water partition coefficient (Wildman–Crippen LogP) is 3.99. The first-order valence-corrected chi connectivity index (χ1v) is 8.86. The molecule has 0 aliphatic rings. The summed E-state index contributed by atoms with van der Waals surface area (Å²) < 4.78 is 28.1. The molecule has 1 rings (SSSR count). The Hall–Kier alpha value is -0.300. The molecule has 0 radical (unpaired) electrons. The maximum Gasteiger partial charge on any atom is 0.339 e. The van der Waals surface area contributed by atoms with Crippen LogP contribution in [0.2, 0.25) is 5.02 Å². The van der Waals surface area contributed by atoms with Crippen LogP contribution in [0.5, 0.6) is 0 Å². The topological polar surface area (TPSA) is 60.4 Å². The van der Waals surface area contributed by atoms with E-state index < -0.39 is 15.0 Å². The molecule has 0 fully saturated rings. The minimum absolute atomic E-state index is 0.0358. The van der Waals surface area contributed by atoms with Crippen molar-refractivity contribution in [1.82, 2.24) is 0 Å². The summed E-state index contributed by atoms with van der Waals surface area (Å²) in [5.74, 6) is -0.679. The molecular weight excluding hydrogens is 379 g/mol. The summed E-state index contributed by atoms with van der Waals surface area (Å²) in [5, 5.41) is -0.236. The number of hydrogen-bond acceptors (Lipinski definition) is 4. The first kappa shape index (κ1) is 16.8. The molecule has 0 aliphatic heterocycles. The Morgan fingerprint density at radius 1 is 1.42 bits per heavy atom. The van der Waals surface area contributed by atoms with Crippen molar-refractivity contribution >= 4 is 53.2 Å². The minimum atomic E-state index is -4.03. The molecule has 0 bridgehead atoms. The molecule has 19 heavy (non-hydrogen) atoms. The minimum Gasteiger partial charge on any atom is -0.462 e. The number of carbonyl (C=O) groups excluding carboxylic acids is 1. The van der Waals surface area contributed by atoms with Gasteiger partial charge in [-0.3, -0.25) is 0 Å². The average Bonchev–Trinajstić information content (AvgIpc) is 2.30. The van der Waals surface area contributed by atoms with E-state index >= 15 is 0 Å². The summed E-state index contributed by atoms with van der Waals surface area (Å²) in [6, 6.07) is 2.62. The zero-order valence-corrected chi connectivity index (χ0v) is 13.9. The molecule has 0 N–H and O–H groups in total. The van der Waals surface area contributed by atoms with E-state index in [2.05, 4.69) is 15.9 Å². The van der Waals surface area contributed by atoms with Gasteiger partial charge in [0.05, 0.1) is 17.2 Å². The van der Waals surface area contributed by atoms with Gasteiger partial charge in [0.25, 0.3) is 9.05 Å². The molecule has 0 amide bonds. The van der Waals surface area contributed by atoms with Crippen LogP contribution in [-0.2, 0) is 13.8 Å². The molecule has 0 spiro atoms. The van der Waals surface area contributed by atoms with Crippen molar-refractivity contribution in [1.29, 1.82) is 0 Å². The van der Waals surface area contributed by atoms with Crippen molar-refractivity contribution in [2.45, 2.75) is 24.7 Å². The lowest BCUT2D eigenvalue weighted by Crippen LogP contribution is -2.09. The first-order chi connectivity index (χ1) is 8.77. The number of unbranched alkanes of at least 4 members (excludes halogenated alkanes) is 1. The SMILES string of the molecule is CCCCOC(=O)c1cc(Br)cc(S(=O)(=O)Cl)c1Cl. The lowest BCUT2D eigenvalue weighted by Gasteiger charge is -2.09. The van der Waals surface area contributed by atoms with Gasteiger partial charge in [-0.05, 0) is 18.6 Å². The highest BCUT2D eigenvalue weighted by atomic mass is 79.9. The Morgan fingerprint density at radius 2 is 2.05 bits per heavy atom. The fraction of sp³-hybridized carbons (Fsp3) is 0.364. The van der Waals surface area contributed by atoms with E-state index in [1.165, 1.54) is 12.1 Å². The fourth-order valence-electron chi connectivity index (χ4n) is 1.28. The smallest absolute Gasteiger partial charge is 0.339 e. The average molecular weight is 390 g/mol. The molecule has 0 heterocycles. The first-order valence-electron chi connectivity index (χ1n) is 5.38. The van der Waals surface area contributed by atoms with Gasteiger partial charge in [0.2, 0.25) is 0 Å². The van der Waals surface area contributed by atoms with Crippen molar-refractivity contribution in [2.75, 3.05) is 6.61 Å². The second-order valence-corrected chi connectivity index (χ2v) is 7.52. The van der Waals surface area contributed by atoms with E-state index in [0.29, 0.717) is 4.47 Å². The van der Waals surface area contributed by atoms with E-state index in [0.717, 1.165) is 12.8 Å². The van der Waals surface area contributed by atoms with E-state index in [1.807, 2.05) is 6.92 Å². The summed E-state index contributed by atoms with van der Waals surface area (Å²) in [5.41, 5.74) is -0.0358. The van der Waals surface area contributed by atoms with Gasteiger partial charge >= 0.3 is 5.97 Å². The largest absolute Gasteiger partial charge is 0.462 e. The highest BCUT2D eigenvalue weighted by molar-refractivity contribution is 9.10. The molecule has 106 valence electrons. The molecule has 0 saturated carbocycles. The van der Waals surface area contributed by atoms with Crippen LogP contribution in [0.3, 0.4) is 0 Å². The predicted molar refractivity (Wildman–Crippen MR) is 77.4 cm³/mol. The maximum absolute atomic E-state index is 11.8. The number of ether oxygens (including phenoxy) is 1. The Morgan fingerprint density at radius 3 is 2.58 bits per heavy atom. The van der Waals surface area contributed by atoms with E-state index in [-0.39, 0.29) is 22.1 Å². The Labute approximate surface area is 129 Å². The van der Waals surface area contributed by atoms with Crippen LogP contribution in [0.1, 0.15) is 30.1 Å². The van der Waals surface area contributed by atoms with Gasteiger partial charge in [-0.1, -0.05) is 40.9 Å². The molecule has 0 atom stereocenters. The monoisotopic (exact) mass is 388 g/mol. The second-order valence-electron chi connectivity index (χ2n) is 3.69. The molecule has 4 nitrogen and oxygen atoms in total. The highest BCUT2D eigenvalue weighted by Gasteiger charge is 2.22. The number of rotatable bonds is 5. The standard InChI is InChI=1S/C11H11BrCl2O4S/c1-2-3-4-18-11(15)8-5-7(12)6-9(10(8)13)19(14,16)17/h5-6H,2-4H2,1H3. The van der Waals surface area contributed by atoms with Gasteiger partial charge in [0.1, 0.15) is 4.90 Å². The second kappa shape index (κ2) is 6.92. The summed E-state index contributed by atoms with van der Waals surface area (Å²) in [4.78, 5) is 11.5. The van der Waals surface area contributed by atoms with Crippen LogP contribution < -0.4 is 0 Å². The van der Waals surface area contributed by atoms with Gasteiger partial charge in [0.15, 0.2) is 0 Å². The Balaban J connectivity index is 3.15. The number of halogens is 3. The van der Waals surface area contributed by atoms with Crippen molar-refractivity contribution in [3.05, 3.63) is 27.2 Å². The van der Waals surface area contributed by atoms with Gasteiger partial charge < -0.3 is 4.74 Å². The fourth-order valence-corrected chi connectivity index (χ4v) is 3.45. The van der Waals surface area contributed by atoms with E-state index in [4.69, 9.17) is 27.0 Å². The van der Waals surface area contributed by atoms with Crippen LogP contribution >= 0.6 is 38.2 Å². The zero-order valence-electron chi connectivity index (χ0n) is 9.95. The quantitative estimate of drug-likeness (QED) is 0.434. The number of carbonyl (C=O) groups is 1. The molecule has 8 heteroatoms. The highest BCUT2D eigenvalue weighted by Crippen LogP contribution is 2.32.